The number of nitrogens with one attached hydrogen (secondary N) is 1. The Balaban J connectivity index is 1.63. The van der Waals surface area contributed by atoms with Crippen molar-refractivity contribution >= 4 is 11.6 Å². The van der Waals surface area contributed by atoms with Gasteiger partial charge in [-0.1, -0.05) is 38.1 Å². The third-order valence-corrected chi connectivity index (χ3v) is 5.09. The average molecular weight is 498 g/mol. The number of rotatable bonds is 7. The van der Waals surface area contributed by atoms with Crippen molar-refractivity contribution in [2.45, 2.75) is 20.0 Å². The Labute approximate surface area is 204 Å². The van der Waals surface area contributed by atoms with E-state index >= 15 is 0 Å². The van der Waals surface area contributed by atoms with Gasteiger partial charge in [-0.25, -0.2) is 9.07 Å². The van der Waals surface area contributed by atoms with Crippen LogP contribution in [0.25, 0.3) is 17.1 Å². The van der Waals surface area contributed by atoms with E-state index in [0.29, 0.717) is 23.5 Å². The summed E-state index contributed by atoms with van der Waals surface area (Å²) in [6.45, 7) is 4.28. The van der Waals surface area contributed by atoms with Crippen LogP contribution in [0.4, 0.5) is 23.2 Å². The smallest absolute Gasteiger partial charge is 0.416 e. The summed E-state index contributed by atoms with van der Waals surface area (Å²) >= 11 is 0. The van der Waals surface area contributed by atoms with Crippen LogP contribution in [-0.4, -0.2) is 27.3 Å². The molecule has 1 N–H and O–H groups in total. The zero-order valence-electron chi connectivity index (χ0n) is 19.4. The molecule has 0 saturated heterocycles. The van der Waals surface area contributed by atoms with Gasteiger partial charge in [-0.05, 0) is 54.4 Å². The Morgan fingerprint density at radius 3 is 2.28 bits per heavy atom. The Bertz CT molecular complexity index is 1350. The third-order valence-electron chi connectivity index (χ3n) is 5.09. The summed E-state index contributed by atoms with van der Waals surface area (Å²) in [5.41, 5.74) is 0.491. The van der Waals surface area contributed by atoms with Crippen LogP contribution >= 0.6 is 0 Å². The molecule has 0 unspecified atom stereocenters. The number of aromatic nitrogens is 3. The van der Waals surface area contributed by atoms with Crippen molar-refractivity contribution < 1.29 is 27.1 Å². The molecule has 186 valence electrons. The number of anilines is 1. The highest BCUT2D eigenvalue weighted by atomic mass is 19.4. The van der Waals surface area contributed by atoms with Crippen molar-refractivity contribution in [3.63, 3.8) is 0 Å². The van der Waals surface area contributed by atoms with E-state index in [9.17, 15) is 22.4 Å². The molecule has 0 aliphatic carbocycles. The van der Waals surface area contributed by atoms with Crippen molar-refractivity contribution in [3.8, 4) is 23.1 Å². The van der Waals surface area contributed by atoms with Crippen LogP contribution in [-0.2, 0) is 6.18 Å². The number of nitrogens with zero attached hydrogens (tertiary/aromatic N) is 3. The van der Waals surface area contributed by atoms with Crippen molar-refractivity contribution in [2.75, 3.05) is 11.9 Å². The molecule has 0 bridgehead atoms. The molecule has 4 rings (SSSR count). The molecule has 0 aliphatic heterocycles. The van der Waals surface area contributed by atoms with Crippen molar-refractivity contribution in [1.82, 2.24) is 14.8 Å². The molecule has 1 amide bonds. The first-order chi connectivity index (χ1) is 17.1. The maximum atomic E-state index is 13.9. The molecule has 1 heterocycles. The zero-order chi connectivity index (χ0) is 25.9. The Hall–Kier alpha value is -4.21. The van der Waals surface area contributed by atoms with Gasteiger partial charge < -0.3 is 10.1 Å². The number of hydrogen-bond acceptors (Lipinski definition) is 4. The topological polar surface area (TPSA) is 69.0 Å². The van der Waals surface area contributed by atoms with Gasteiger partial charge in [0.25, 0.3) is 5.91 Å². The molecule has 0 radical (unpaired) electrons. The SMILES string of the molecule is CC(C)COc1nc(-c2ccc(C(F)(F)F)cc2)n(-c2ccc(NC(=O)c3ccccc3F)cc2)n1. The molecule has 0 atom stereocenters. The number of alkyl halides is 3. The number of halogens is 4. The van der Waals surface area contributed by atoms with Gasteiger partial charge in [0.15, 0.2) is 5.82 Å². The summed E-state index contributed by atoms with van der Waals surface area (Å²) in [6.07, 6.45) is -4.46. The summed E-state index contributed by atoms with van der Waals surface area (Å²) in [4.78, 5) is 16.8. The molecule has 0 fully saturated rings. The number of amides is 1. The van der Waals surface area contributed by atoms with Gasteiger partial charge >= 0.3 is 12.2 Å². The molecule has 10 heteroatoms. The van der Waals surface area contributed by atoms with Gasteiger partial charge in [-0.2, -0.15) is 18.2 Å². The van der Waals surface area contributed by atoms with E-state index in [-0.39, 0.29) is 23.3 Å². The van der Waals surface area contributed by atoms with Crippen molar-refractivity contribution in [1.29, 1.82) is 0 Å². The van der Waals surface area contributed by atoms with Gasteiger partial charge in [0.05, 0.1) is 23.4 Å². The van der Waals surface area contributed by atoms with Crippen LogP contribution in [0.3, 0.4) is 0 Å². The number of hydrogen-bond donors (Lipinski definition) is 1. The van der Waals surface area contributed by atoms with Gasteiger partial charge in [0.2, 0.25) is 0 Å². The molecule has 6 nitrogen and oxygen atoms in total. The van der Waals surface area contributed by atoms with E-state index in [1.807, 2.05) is 13.8 Å². The fraction of sp³-hybridized carbons (Fsp3) is 0.192. The number of ether oxygens (including phenoxy) is 1. The lowest BCUT2D eigenvalue weighted by Gasteiger charge is -2.10. The maximum Gasteiger partial charge on any atom is 0.416 e. The summed E-state index contributed by atoms with van der Waals surface area (Å²) in [6, 6.07) is 16.8. The summed E-state index contributed by atoms with van der Waals surface area (Å²) in [5.74, 6) is -0.741. The first-order valence-electron chi connectivity index (χ1n) is 11.1. The molecule has 0 saturated carbocycles. The monoisotopic (exact) mass is 498 g/mol. The molecule has 0 spiro atoms. The van der Waals surface area contributed by atoms with Crippen LogP contribution in [0.15, 0.2) is 72.8 Å². The predicted molar refractivity (Wildman–Crippen MR) is 126 cm³/mol. The number of carbonyl (C=O) groups is 1. The molecule has 1 aromatic heterocycles. The number of benzene rings is 3. The van der Waals surface area contributed by atoms with Crippen LogP contribution in [0, 0.1) is 11.7 Å². The molecular formula is C26H22F4N4O2. The van der Waals surface area contributed by atoms with Crippen LogP contribution < -0.4 is 10.1 Å². The zero-order valence-corrected chi connectivity index (χ0v) is 19.4. The third kappa shape index (κ3) is 5.70. The van der Waals surface area contributed by atoms with E-state index in [2.05, 4.69) is 15.4 Å². The summed E-state index contributed by atoms with van der Waals surface area (Å²) in [5, 5.41) is 7.00. The lowest BCUT2D eigenvalue weighted by atomic mass is 10.1. The highest BCUT2D eigenvalue weighted by molar-refractivity contribution is 6.04. The van der Waals surface area contributed by atoms with Gasteiger partial charge in [-0.3, -0.25) is 4.79 Å². The second kappa shape index (κ2) is 10.2. The first kappa shape index (κ1) is 24.9. The first-order valence-corrected chi connectivity index (χ1v) is 11.1. The Morgan fingerprint density at radius 1 is 1.00 bits per heavy atom. The van der Waals surface area contributed by atoms with Crippen LogP contribution in [0.2, 0.25) is 0 Å². The normalized spacial score (nSPS) is 11.5. The van der Waals surface area contributed by atoms with Gasteiger partial charge in [0.1, 0.15) is 5.82 Å². The predicted octanol–water partition coefficient (Wildman–Crippen LogP) is 6.38. The molecular weight excluding hydrogens is 476 g/mol. The minimum atomic E-state index is -4.46. The van der Waals surface area contributed by atoms with Gasteiger partial charge in [-0.15, -0.1) is 5.10 Å². The van der Waals surface area contributed by atoms with Gasteiger partial charge in [0, 0.05) is 11.3 Å². The molecule has 36 heavy (non-hydrogen) atoms. The highest BCUT2D eigenvalue weighted by Crippen LogP contribution is 2.31. The van der Waals surface area contributed by atoms with Crippen molar-refractivity contribution in [3.05, 3.63) is 89.7 Å². The molecule has 4 aromatic rings. The van der Waals surface area contributed by atoms with Crippen molar-refractivity contribution in [2.24, 2.45) is 5.92 Å². The maximum absolute atomic E-state index is 13.9. The van der Waals surface area contributed by atoms with E-state index in [0.717, 1.165) is 12.1 Å². The van der Waals surface area contributed by atoms with E-state index in [1.165, 1.54) is 35.0 Å². The Morgan fingerprint density at radius 2 is 1.67 bits per heavy atom. The minimum Gasteiger partial charge on any atom is -0.462 e. The largest absolute Gasteiger partial charge is 0.462 e. The highest BCUT2D eigenvalue weighted by Gasteiger charge is 2.30. The lowest BCUT2D eigenvalue weighted by molar-refractivity contribution is -0.137. The minimum absolute atomic E-state index is 0.0792. The van der Waals surface area contributed by atoms with Crippen LogP contribution in [0.5, 0.6) is 6.01 Å². The fourth-order valence-electron chi connectivity index (χ4n) is 3.30. The second-order valence-electron chi connectivity index (χ2n) is 8.39. The second-order valence-corrected chi connectivity index (χ2v) is 8.39. The van der Waals surface area contributed by atoms with E-state index < -0.39 is 23.5 Å². The standard InChI is InChI=1S/C26H22F4N4O2/c1-16(2)15-36-25-32-23(17-7-9-18(10-8-17)26(28,29)30)34(33-25)20-13-11-19(12-14-20)31-24(35)21-5-3-4-6-22(21)27/h3-14,16H,15H2,1-2H3,(H,31,35). The molecule has 3 aromatic carbocycles. The quantitative estimate of drug-likeness (QED) is 0.300. The van der Waals surface area contributed by atoms with E-state index in [1.54, 1.807) is 30.3 Å². The number of carbonyl (C=O) groups excluding carboxylic acids is 1. The van der Waals surface area contributed by atoms with E-state index in [4.69, 9.17) is 4.74 Å². The lowest BCUT2D eigenvalue weighted by Crippen LogP contribution is -2.13. The Kier molecular flexibility index (Phi) is 7.05. The van der Waals surface area contributed by atoms with Crippen LogP contribution in [0.1, 0.15) is 29.8 Å². The average Bonchev–Trinajstić information content (AvgIpc) is 3.27. The fourth-order valence-corrected chi connectivity index (χ4v) is 3.30. The molecule has 0 aliphatic rings. The summed E-state index contributed by atoms with van der Waals surface area (Å²) < 4.78 is 60.0. The summed E-state index contributed by atoms with van der Waals surface area (Å²) in [7, 11) is 0.